The van der Waals surface area contributed by atoms with Gasteiger partial charge in [-0.2, -0.15) is 4.31 Å². The fourth-order valence-corrected chi connectivity index (χ4v) is 3.96. The maximum absolute atomic E-state index is 12.5. The molecule has 2 N–H and O–H groups in total. The average Bonchev–Trinajstić information content (AvgIpc) is 2.54. The highest BCUT2D eigenvalue weighted by Gasteiger charge is 2.33. The van der Waals surface area contributed by atoms with E-state index in [4.69, 9.17) is 5.11 Å². The summed E-state index contributed by atoms with van der Waals surface area (Å²) in [5, 5.41) is 11.5. The van der Waals surface area contributed by atoms with Crippen molar-refractivity contribution in [1.82, 2.24) is 9.62 Å². The van der Waals surface area contributed by atoms with Crippen LogP contribution < -0.4 is 5.32 Å². The van der Waals surface area contributed by atoms with E-state index in [0.29, 0.717) is 24.9 Å². The third-order valence-corrected chi connectivity index (χ3v) is 5.59. The van der Waals surface area contributed by atoms with Gasteiger partial charge in [0, 0.05) is 25.7 Å². The highest BCUT2D eigenvalue weighted by molar-refractivity contribution is 7.89. The van der Waals surface area contributed by atoms with Crippen LogP contribution in [0.2, 0.25) is 0 Å². The summed E-state index contributed by atoms with van der Waals surface area (Å²) in [5.74, 6) is -1.95. The number of hydrogen-bond donors (Lipinski definition) is 2. The van der Waals surface area contributed by atoms with Crippen LogP contribution >= 0.6 is 0 Å². The zero-order valence-electron chi connectivity index (χ0n) is 12.2. The minimum absolute atomic E-state index is 0.0190. The molecule has 0 unspecified atom stereocenters. The maximum Gasteiger partial charge on any atom is 0.307 e. The minimum Gasteiger partial charge on any atom is -0.481 e. The lowest BCUT2D eigenvalue weighted by molar-refractivity contribution is -0.142. The Morgan fingerprint density at radius 1 is 1.27 bits per heavy atom. The molecule has 1 atom stereocenters. The summed E-state index contributed by atoms with van der Waals surface area (Å²) in [6, 6.07) is 5.60. The van der Waals surface area contributed by atoms with Crippen LogP contribution in [0.5, 0.6) is 0 Å². The van der Waals surface area contributed by atoms with Crippen LogP contribution in [0, 0.1) is 5.92 Å². The average molecular weight is 326 g/mol. The van der Waals surface area contributed by atoms with Crippen LogP contribution in [0.25, 0.3) is 0 Å². The van der Waals surface area contributed by atoms with Gasteiger partial charge in [-0.25, -0.2) is 8.42 Å². The minimum atomic E-state index is -3.74. The summed E-state index contributed by atoms with van der Waals surface area (Å²) >= 11 is 0. The molecule has 8 heteroatoms. The molecule has 0 radical (unpaired) electrons. The van der Waals surface area contributed by atoms with E-state index in [1.165, 1.54) is 35.6 Å². The molecule has 0 aromatic heterocycles. The number of carbonyl (C=O) groups excluding carboxylic acids is 1. The molecule has 1 aromatic rings. The lowest BCUT2D eigenvalue weighted by Crippen LogP contribution is -2.42. The first-order valence-electron chi connectivity index (χ1n) is 6.91. The Bertz CT molecular complexity index is 669. The second-order valence-electron chi connectivity index (χ2n) is 5.14. The van der Waals surface area contributed by atoms with Gasteiger partial charge in [-0.15, -0.1) is 0 Å². The SMILES string of the molecule is CNC(=O)c1ccc(S(=O)(=O)N2CCC[C@@H](C(=O)O)C2)cc1. The number of rotatable bonds is 4. The number of aliphatic carboxylic acids is 1. The van der Waals surface area contributed by atoms with E-state index in [2.05, 4.69) is 5.32 Å². The van der Waals surface area contributed by atoms with Crippen LogP contribution in [-0.4, -0.2) is 49.8 Å². The molecular formula is C14H18N2O5S. The lowest BCUT2D eigenvalue weighted by atomic mass is 10.0. The van der Waals surface area contributed by atoms with Crippen molar-refractivity contribution in [2.45, 2.75) is 17.7 Å². The molecule has 22 heavy (non-hydrogen) atoms. The fraction of sp³-hybridized carbons (Fsp3) is 0.429. The van der Waals surface area contributed by atoms with Crippen molar-refractivity contribution in [3.8, 4) is 0 Å². The topological polar surface area (TPSA) is 104 Å². The van der Waals surface area contributed by atoms with Gasteiger partial charge in [0.15, 0.2) is 0 Å². The quantitative estimate of drug-likeness (QED) is 0.840. The van der Waals surface area contributed by atoms with Gasteiger partial charge < -0.3 is 10.4 Å². The normalized spacial score (nSPS) is 19.6. The number of nitrogens with zero attached hydrogens (tertiary/aromatic N) is 1. The Kier molecular flexibility index (Phi) is 4.82. The molecule has 1 aliphatic rings. The van der Waals surface area contributed by atoms with Crippen molar-refractivity contribution in [2.75, 3.05) is 20.1 Å². The smallest absolute Gasteiger partial charge is 0.307 e. The van der Waals surface area contributed by atoms with Gasteiger partial charge in [0.25, 0.3) is 5.91 Å². The summed E-state index contributed by atoms with van der Waals surface area (Å²) in [7, 11) is -2.25. The Hall–Kier alpha value is -1.93. The van der Waals surface area contributed by atoms with E-state index in [1.54, 1.807) is 0 Å². The van der Waals surface area contributed by atoms with E-state index in [0.717, 1.165) is 0 Å². The number of piperidine rings is 1. The van der Waals surface area contributed by atoms with Crippen LogP contribution in [0.15, 0.2) is 29.2 Å². The van der Waals surface area contributed by atoms with Crippen LogP contribution in [0.1, 0.15) is 23.2 Å². The largest absolute Gasteiger partial charge is 0.481 e. The van der Waals surface area contributed by atoms with Gasteiger partial charge in [-0.3, -0.25) is 9.59 Å². The van der Waals surface area contributed by atoms with E-state index < -0.39 is 21.9 Å². The van der Waals surface area contributed by atoms with Gasteiger partial charge in [-0.1, -0.05) is 0 Å². The summed E-state index contributed by atoms with van der Waals surface area (Å²) < 4.78 is 26.3. The summed E-state index contributed by atoms with van der Waals surface area (Å²) in [6.07, 6.45) is 1.00. The molecular weight excluding hydrogens is 308 g/mol. The molecule has 7 nitrogen and oxygen atoms in total. The number of hydrogen-bond acceptors (Lipinski definition) is 4. The first-order valence-corrected chi connectivity index (χ1v) is 8.35. The number of sulfonamides is 1. The Morgan fingerprint density at radius 3 is 2.45 bits per heavy atom. The molecule has 0 bridgehead atoms. The van der Waals surface area contributed by atoms with E-state index in [1.807, 2.05) is 0 Å². The number of carboxylic acid groups (broad SMARTS) is 1. The Labute approximate surface area is 129 Å². The van der Waals surface area contributed by atoms with E-state index in [-0.39, 0.29) is 17.3 Å². The monoisotopic (exact) mass is 326 g/mol. The van der Waals surface area contributed by atoms with E-state index in [9.17, 15) is 18.0 Å². The maximum atomic E-state index is 12.5. The predicted octanol–water partition coefficient (Wildman–Crippen LogP) is 0.532. The Balaban J connectivity index is 2.22. The van der Waals surface area contributed by atoms with Crippen LogP contribution in [-0.2, 0) is 14.8 Å². The number of carbonyl (C=O) groups is 2. The molecule has 1 saturated heterocycles. The molecule has 120 valence electrons. The van der Waals surface area contributed by atoms with Gasteiger partial charge >= 0.3 is 5.97 Å². The molecule has 0 saturated carbocycles. The summed E-state index contributed by atoms with van der Waals surface area (Å²) in [4.78, 5) is 22.6. The lowest BCUT2D eigenvalue weighted by Gasteiger charge is -2.29. The second-order valence-corrected chi connectivity index (χ2v) is 7.08. The summed E-state index contributed by atoms with van der Waals surface area (Å²) in [5.41, 5.74) is 0.364. The van der Waals surface area contributed by atoms with Crippen molar-refractivity contribution in [1.29, 1.82) is 0 Å². The van der Waals surface area contributed by atoms with Crippen LogP contribution in [0.4, 0.5) is 0 Å². The number of nitrogens with one attached hydrogen (secondary N) is 1. The summed E-state index contributed by atoms with van der Waals surface area (Å²) in [6.45, 7) is 0.290. The van der Waals surface area contributed by atoms with Crippen molar-refractivity contribution < 1.29 is 23.1 Å². The van der Waals surface area contributed by atoms with Crippen LogP contribution in [0.3, 0.4) is 0 Å². The van der Waals surface area contributed by atoms with Gasteiger partial charge in [0.1, 0.15) is 0 Å². The first-order chi connectivity index (χ1) is 10.4. The van der Waals surface area contributed by atoms with Gasteiger partial charge in [0.2, 0.25) is 10.0 Å². The fourth-order valence-electron chi connectivity index (χ4n) is 2.43. The standard InChI is InChI=1S/C14H18N2O5S/c1-15-13(17)10-4-6-12(7-5-10)22(20,21)16-8-2-3-11(9-16)14(18)19/h4-7,11H,2-3,8-9H2,1H3,(H,15,17)(H,18,19)/t11-/m1/s1. The van der Waals surface area contributed by atoms with Gasteiger partial charge in [-0.05, 0) is 37.1 Å². The van der Waals surface area contributed by atoms with Gasteiger partial charge in [0.05, 0.1) is 10.8 Å². The predicted molar refractivity (Wildman–Crippen MR) is 79.0 cm³/mol. The Morgan fingerprint density at radius 2 is 1.91 bits per heavy atom. The number of carboxylic acids is 1. The molecule has 1 aromatic carbocycles. The molecule has 1 fully saturated rings. The molecule has 0 aliphatic carbocycles. The molecule has 0 spiro atoms. The highest BCUT2D eigenvalue weighted by atomic mass is 32.2. The van der Waals surface area contributed by atoms with Crippen molar-refractivity contribution in [3.63, 3.8) is 0 Å². The molecule has 1 amide bonds. The first kappa shape index (κ1) is 16.4. The van der Waals surface area contributed by atoms with Crippen molar-refractivity contribution in [2.24, 2.45) is 5.92 Å². The number of amides is 1. The second kappa shape index (κ2) is 6.45. The number of benzene rings is 1. The molecule has 1 aliphatic heterocycles. The molecule has 1 heterocycles. The molecule has 2 rings (SSSR count). The highest BCUT2D eigenvalue weighted by Crippen LogP contribution is 2.24. The third kappa shape index (κ3) is 3.28. The van der Waals surface area contributed by atoms with Crippen molar-refractivity contribution in [3.05, 3.63) is 29.8 Å². The van der Waals surface area contributed by atoms with E-state index >= 15 is 0 Å². The third-order valence-electron chi connectivity index (χ3n) is 3.71. The zero-order chi connectivity index (χ0) is 16.3. The van der Waals surface area contributed by atoms with Crippen molar-refractivity contribution >= 4 is 21.9 Å². The zero-order valence-corrected chi connectivity index (χ0v) is 13.0.